The first-order valence-corrected chi connectivity index (χ1v) is 9.03. The van der Waals surface area contributed by atoms with E-state index in [1.807, 2.05) is 31.2 Å². The number of carbonyl (C=O) groups is 2. The molecule has 1 aromatic carbocycles. The van der Waals surface area contributed by atoms with Gasteiger partial charge < -0.3 is 14.9 Å². The molecule has 1 N–H and O–H groups in total. The van der Waals surface area contributed by atoms with E-state index in [1.54, 1.807) is 4.90 Å². The summed E-state index contributed by atoms with van der Waals surface area (Å²) in [6.45, 7) is 6.79. The quantitative estimate of drug-likeness (QED) is 0.894. The molecule has 0 saturated carbocycles. The summed E-state index contributed by atoms with van der Waals surface area (Å²) in [7, 11) is 0. The fourth-order valence-corrected chi connectivity index (χ4v) is 3.77. The van der Waals surface area contributed by atoms with Crippen molar-refractivity contribution in [2.24, 2.45) is 0 Å². The molecule has 1 saturated heterocycles. The zero-order chi connectivity index (χ0) is 18.0. The summed E-state index contributed by atoms with van der Waals surface area (Å²) < 4.78 is 0. The minimum atomic E-state index is -0.490. The number of aliphatic hydroxyl groups is 1. The molecule has 0 spiro atoms. The Morgan fingerprint density at radius 1 is 1.12 bits per heavy atom. The fraction of sp³-hybridized carbons (Fsp3) is 0.500. The van der Waals surface area contributed by atoms with Gasteiger partial charge in [-0.25, -0.2) is 0 Å². The molecule has 3 rings (SSSR count). The number of hydrogen-bond donors (Lipinski definition) is 1. The summed E-state index contributed by atoms with van der Waals surface area (Å²) in [5.41, 5.74) is 2.20. The van der Waals surface area contributed by atoms with Gasteiger partial charge in [-0.15, -0.1) is 0 Å². The highest BCUT2D eigenvalue weighted by molar-refractivity contribution is 6.08. The molecule has 0 radical (unpaired) electrons. The van der Waals surface area contributed by atoms with Crippen LogP contribution in [0.25, 0.3) is 0 Å². The van der Waals surface area contributed by atoms with Crippen LogP contribution in [0.3, 0.4) is 0 Å². The van der Waals surface area contributed by atoms with E-state index in [0.29, 0.717) is 6.54 Å². The molecule has 0 bridgehead atoms. The lowest BCUT2D eigenvalue weighted by Crippen LogP contribution is -2.40. The molecule has 0 aromatic heterocycles. The van der Waals surface area contributed by atoms with Crippen molar-refractivity contribution in [3.63, 3.8) is 0 Å². The minimum absolute atomic E-state index is 0.215. The number of amides is 1. The second-order valence-corrected chi connectivity index (χ2v) is 7.03. The standard InChI is InChI=1S/C20H26N2O3/c1-14-6-8-16(9-7-14)18-17(15(2)23)19(24)20(25)22(18)13-12-21-10-4-3-5-11-21/h6-9,18,24H,3-5,10-13H2,1-2H3. The maximum absolute atomic E-state index is 12.6. The van der Waals surface area contributed by atoms with E-state index >= 15 is 0 Å². The number of ketones is 1. The first-order valence-electron chi connectivity index (χ1n) is 9.03. The molecule has 1 aromatic rings. The van der Waals surface area contributed by atoms with Gasteiger partial charge in [-0.1, -0.05) is 36.2 Å². The zero-order valence-electron chi connectivity index (χ0n) is 15.0. The second kappa shape index (κ2) is 7.40. The number of aliphatic hydroxyl groups excluding tert-OH is 1. The van der Waals surface area contributed by atoms with Gasteiger partial charge in [0.15, 0.2) is 11.5 Å². The third-order valence-corrected chi connectivity index (χ3v) is 5.18. The smallest absolute Gasteiger partial charge is 0.290 e. The van der Waals surface area contributed by atoms with E-state index in [0.717, 1.165) is 30.8 Å². The van der Waals surface area contributed by atoms with Crippen molar-refractivity contribution in [1.29, 1.82) is 0 Å². The predicted octanol–water partition coefficient (Wildman–Crippen LogP) is 2.77. The Morgan fingerprint density at radius 3 is 2.36 bits per heavy atom. The van der Waals surface area contributed by atoms with E-state index < -0.39 is 17.7 Å². The number of nitrogens with zero attached hydrogens (tertiary/aromatic N) is 2. The van der Waals surface area contributed by atoms with Crippen LogP contribution in [0.15, 0.2) is 35.6 Å². The Kier molecular flexibility index (Phi) is 5.23. The Bertz CT molecular complexity index is 687. The molecule has 25 heavy (non-hydrogen) atoms. The van der Waals surface area contributed by atoms with Crippen LogP contribution in [-0.2, 0) is 9.59 Å². The fourth-order valence-electron chi connectivity index (χ4n) is 3.77. The number of Topliss-reactive ketones (excluding diaryl/α,β-unsaturated/α-hetero) is 1. The highest BCUT2D eigenvalue weighted by Crippen LogP contribution is 2.37. The van der Waals surface area contributed by atoms with Gasteiger partial charge in [-0.2, -0.15) is 0 Å². The van der Waals surface area contributed by atoms with Crippen molar-refractivity contribution in [3.05, 3.63) is 46.7 Å². The van der Waals surface area contributed by atoms with Crippen molar-refractivity contribution in [3.8, 4) is 0 Å². The number of rotatable bonds is 5. The van der Waals surface area contributed by atoms with Gasteiger partial charge in [0, 0.05) is 13.1 Å². The van der Waals surface area contributed by atoms with Gasteiger partial charge in [0.1, 0.15) is 0 Å². The molecule has 2 heterocycles. The number of carbonyl (C=O) groups excluding carboxylic acids is 2. The number of likely N-dealkylation sites (tertiary alicyclic amines) is 1. The number of hydrogen-bond acceptors (Lipinski definition) is 4. The molecule has 5 nitrogen and oxygen atoms in total. The van der Waals surface area contributed by atoms with Gasteiger partial charge in [0.25, 0.3) is 5.91 Å². The average molecular weight is 342 g/mol. The number of aryl methyl sites for hydroxylation is 1. The molecule has 1 amide bonds. The topological polar surface area (TPSA) is 60.9 Å². The number of piperidine rings is 1. The van der Waals surface area contributed by atoms with Gasteiger partial charge in [0.05, 0.1) is 11.6 Å². The highest BCUT2D eigenvalue weighted by Gasteiger charge is 2.42. The Morgan fingerprint density at radius 2 is 1.76 bits per heavy atom. The molecule has 1 atom stereocenters. The van der Waals surface area contributed by atoms with Crippen LogP contribution in [0.4, 0.5) is 0 Å². The molecule has 1 fully saturated rings. The van der Waals surface area contributed by atoms with Gasteiger partial charge >= 0.3 is 0 Å². The van der Waals surface area contributed by atoms with E-state index in [-0.39, 0.29) is 11.4 Å². The van der Waals surface area contributed by atoms with Crippen molar-refractivity contribution >= 4 is 11.7 Å². The molecular weight excluding hydrogens is 316 g/mol. The summed E-state index contributed by atoms with van der Waals surface area (Å²) in [6, 6.07) is 7.31. The number of benzene rings is 1. The summed E-state index contributed by atoms with van der Waals surface area (Å²) in [6.07, 6.45) is 3.65. The summed E-state index contributed by atoms with van der Waals surface area (Å²) in [5.74, 6) is -1.08. The van der Waals surface area contributed by atoms with Gasteiger partial charge in [-0.3, -0.25) is 9.59 Å². The molecule has 5 heteroatoms. The Labute approximate surface area is 148 Å². The van der Waals surface area contributed by atoms with E-state index in [4.69, 9.17) is 0 Å². The van der Waals surface area contributed by atoms with Crippen LogP contribution >= 0.6 is 0 Å². The Balaban J connectivity index is 1.85. The third-order valence-electron chi connectivity index (χ3n) is 5.18. The largest absolute Gasteiger partial charge is 0.503 e. The molecular formula is C20H26N2O3. The van der Waals surface area contributed by atoms with Crippen LogP contribution in [0.2, 0.25) is 0 Å². The Hall–Kier alpha value is -2.14. The maximum atomic E-state index is 12.6. The monoisotopic (exact) mass is 342 g/mol. The SMILES string of the molecule is CC(=O)C1=C(O)C(=O)N(CCN2CCCCC2)C1c1ccc(C)cc1. The van der Waals surface area contributed by atoms with Crippen LogP contribution < -0.4 is 0 Å². The van der Waals surface area contributed by atoms with Crippen LogP contribution in [0.5, 0.6) is 0 Å². The van der Waals surface area contributed by atoms with Gasteiger partial charge in [0.2, 0.25) is 0 Å². The molecule has 2 aliphatic rings. The summed E-state index contributed by atoms with van der Waals surface area (Å²) in [5, 5.41) is 10.3. The van der Waals surface area contributed by atoms with Crippen LogP contribution in [0, 0.1) is 6.92 Å². The zero-order valence-corrected chi connectivity index (χ0v) is 15.0. The molecule has 1 unspecified atom stereocenters. The van der Waals surface area contributed by atoms with E-state index in [9.17, 15) is 14.7 Å². The van der Waals surface area contributed by atoms with Crippen molar-refractivity contribution in [2.45, 2.75) is 39.2 Å². The van der Waals surface area contributed by atoms with E-state index in [2.05, 4.69) is 4.90 Å². The summed E-state index contributed by atoms with van der Waals surface area (Å²) >= 11 is 0. The molecule has 134 valence electrons. The van der Waals surface area contributed by atoms with Crippen LogP contribution in [-0.4, -0.2) is 52.8 Å². The van der Waals surface area contributed by atoms with Crippen molar-refractivity contribution < 1.29 is 14.7 Å². The first-order chi connectivity index (χ1) is 12.0. The minimum Gasteiger partial charge on any atom is -0.503 e. The molecule has 0 aliphatic carbocycles. The average Bonchev–Trinajstić information content (AvgIpc) is 2.86. The molecule has 2 aliphatic heterocycles. The van der Waals surface area contributed by atoms with Crippen molar-refractivity contribution in [1.82, 2.24) is 9.80 Å². The predicted molar refractivity (Wildman–Crippen MR) is 96.3 cm³/mol. The van der Waals surface area contributed by atoms with E-state index in [1.165, 1.54) is 26.2 Å². The lowest BCUT2D eigenvalue weighted by atomic mass is 9.96. The van der Waals surface area contributed by atoms with Crippen LogP contribution in [0.1, 0.15) is 43.4 Å². The third kappa shape index (κ3) is 3.61. The lowest BCUT2D eigenvalue weighted by Gasteiger charge is -2.31. The normalized spacial score (nSPS) is 21.9. The highest BCUT2D eigenvalue weighted by atomic mass is 16.3. The first kappa shape index (κ1) is 17.7. The second-order valence-electron chi connectivity index (χ2n) is 7.03. The van der Waals surface area contributed by atoms with Crippen molar-refractivity contribution in [2.75, 3.05) is 26.2 Å². The lowest BCUT2D eigenvalue weighted by molar-refractivity contribution is -0.129. The summed E-state index contributed by atoms with van der Waals surface area (Å²) in [4.78, 5) is 28.7. The van der Waals surface area contributed by atoms with Gasteiger partial charge in [-0.05, 0) is 45.3 Å². The maximum Gasteiger partial charge on any atom is 0.290 e.